The number of hydrogen-bond donors (Lipinski definition) is 1. The number of rotatable bonds is 4. The van der Waals surface area contributed by atoms with E-state index >= 15 is 0 Å². The molecule has 0 aromatic heterocycles. The van der Waals surface area contributed by atoms with Crippen molar-refractivity contribution >= 4 is 11.8 Å². The average molecular weight is 311 g/mol. The summed E-state index contributed by atoms with van der Waals surface area (Å²) in [6.07, 6.45) is 1.99. The number of β-amino-alcohol motifs (C(OH)–C–C–N with tert-alkyl or cyclic N) is 1. The number of hydrogen-bond acceptors (Lipinski definition) is 5. The predicted molar refractivity (Wildman–Crippen MR) is 79.2 cm³/mol. The van der Waals surface area contributed by atoms with Gasteiger partial charge in [-0.15, -0.1) is 0 Å². The molecule has 3 heterocycles. The number of amides is 2. The highest BCUT2D eigenvalue weighted by molar-refractivity contribution is 5.86. The third-order valence-electron chi connectivity index (χ3n) is 4.80. The van der Waals surface area contributed by atoms with Gasteiger partial charge in [0.2, 0.25) is 11.8 Å². The summed E-state index contributed by atoms with van der Waals surface area (Å²) in [5.74, 6) is 0.0178. The van der Waals surface area contributed by atoms with Gasteiger partial charge < -0.3 is 19.6 Å². The largest absolute Gasteiger partial charge is 0.387 e. The highest BCUT2D eigenvalue weighted by Crippen LogP contribution is 2.23. The first-order valence-corrected chi connectivity index (χ1v) is 8.14. The second-order valence-corrected chi connectivity index (χ2v) is 6.60. The molecular weight excluding hydrogens is 286 g/mol. The Bertz CT molecular complexity index is 439. The minimum Gasteiger partial charge on any atom is -0.387 e. The Hall–Kier alpha value is -1.18. The fourth-order valence-corrected chi connectivity index (χ4v) is 3.51. The molecule has 0 aromatic carbocycles. The van der Waals surface area contributed by atoms with Crippen LogP contribution in [-0.2, 0) is 14.3 Å². The van der Waals surface area contributed by atoms with Gasteiger partial charge in [0.05, 0.1) is 31.9 Å². The van der Waals surface area contributed by atoms with E-state index in [1.165, 1.54) is 0 Å². The summed E-state index contributed by atoms with van der Waals surface area (Å²) < 4.78 is 5.32. The van der Waals surface area contributed by atoms with Crippen molar-refractivity contribution in [2.75, 3.05) is 59.0 Å². The molecule has 0 radical (unpaired) electrons. The second kappa shape index (κ2) is 6.52. The van der Waals surface area contributed by atoms with Crippen molar-refractivity contribution in [3.05, 3.63) is 0 Å². The lowest BCUT2D eigenvalue weighted by atomic mass is 10.0. The van der Waals surface area contributed by atoms with Crippen molar-refractivity contribution in [3.8, 4) is 0 Å². The Morgan fingerprint density at radius 2 is 2.00 bits per heavy atom. The van der Waals surface area contributed by atoms with E-state index < -0.39 is 5.60 Å². The quantitative estimate of drug-likeness (QED) is 0.714. The summed E-state index contributed by atoms with van der Waals surface area (Å²) in [6, 6.07) is 0. The molecule has 0 saturated carbocycles. The number of nitrogens with zero attached hydrogens (tertiary/aromatic N) is 3. The summed E-state index contributed by atoms with van der Waals surface area (Å²) in [6.45, 7) is 5.43. The predicted octanol–water partition coefficient (Wildman–Crippen LogP) is -1.10. The van der Waals surface area contributed by atoms with Crippen molar-refractivity contribution in [3.63, 3.8) is 0 Å². The zero-order valence-electron chi connectivity index (χ0n) is 13.0. The number of carbonyl (C=O) groups excluding carboxylic acids is 2. The number of carbonyl (C=O) groups is 2. The van der Waals surface area contributed by atoms with E-state index in [4.69, 9.17) is 4.74 Å². The lowest BCUT2D eigenvalue weighted by Gasteiger charge is -2.33. The maximum atomic E-state index is 12.3. The Kier molecular flexibility index (Phi) is 4.65. The van der Waals surface area contributed by atoms with Crippen LogP contribution in [0.25, 0.3) is 0 Å². The van der Waals surface area contributed by atoms with E-state index in [1.54, 1.807) is 9.80 Å². The molecule has 7 heteroatoms. The molecule has 3 aliphatic rings. The molecule has 3 rings (SSSR count). The van der Waals surface area contributed by atoms with E-state index in [9.17, 15) is 14.7 Å². The molecular formula is C15H25N3O4. The van der Waals surface area contributed by atoms with Crippen LogP contribution in [0.2, 0.25) is 0 Å². The van der Waals surface area contributed by atoms with Gasteiger partial charge in [0, 0.05) is 39.1 Å². The van der Waals surface area contributed by atoms with Gasteiger partial charge in [-0.3, -0.25) is 14.5 Å². The lowest BCUT2D eigenvalue weighted by molar-refractivity contribution is -0.138. The summed E-state index contributed by atoms with van der Waals surface area (Å²) in [5.41, 5.74) is -0.831. The Morgan fingerprint density at radius 3 is 2.68 bits per heavy atom. The van der Waals surface area contributed by atoms with Gasteiger partial charge >= 0.3 is 0 Å². The molecule has 22 heavy (non-hydrogen) atoms. The molecule has 2 amide bonds. The molecule has 0 bridgehead atoms. The second-order valence-electron chi connectivity index (χ2n) is 6.60. The minimum absolute atomic E-state index is 0.0480. The topological polar surface area (TPSA) is 73.3 Å². The van der Waals surface area contributed by atoms with E-state index in [1.807, 2.05) is 0 Å². The van der Waals surface area contributed by atoms with Crippen LogP contribution in [0.5, 0.6) is 0 Å². The number of ether oxygens (including phenoxy) is 1. The SMILES string of the molecule is O=C1CCCN1CC(=O)N1CCC(O)(CN2CCOCC2)C1. The molecule has 0 aliphatic carbocycles. The van der Waals surface area contributed by atoms with Gasteiger partial charge in [0.1, 0.15) is 0 Å². The van der Waals surface area contributed by atoms with Crippen LogP contribution in [0.3, 0.4) is 0 Å². The van der Waals surface area contributed by atoms with Crippen LogP contribution in [0, 0.1) is 0 Å². The van der Waals surface area contributed by atoms with Crippen LogP contribution >= 0.6 is 0 Å². The molecule has 1 unspecified atom stereocenters. The molecule has 3 aliphatic heterocycles. The smallest absolute Gasteiger partial charge is 0.242 e. The zero-order valence-corrected chi connectivity index (χ0v) is 13.0. The van der Waals surface area contributed by atoms with E-state index in [0.717, 1.165) is 19.5 Å². The van der Waals surface area contributed by atoms with Gasteiger partial charge in [-0.2, -0.15) is 0 Å². The Morgan fingerprint density at radius 1 is 1.23 bits per heavy atom. The monoisotopic (exact) mass is 311 g/mol. The number of likely N-dealkylation sites (tertiary alicyclic amines) is 2. The Balaban J connectivity index is 1.49. The summed E-state index contributed by atoms with van der Waals surface area (Å²) in [5, 5.41) is 10.7. The van der Waals surface area contributed by atoms with Crippen molar-refractivity contribution in [1.29, 1.82) is 0 Å². The van der Waals surface area contributed by atoms with Gasteiger partial charge in [-0.1, -0.05) is 0 Å². The third kappa shape index (κ3) is 3.59. The van der Waals surface area contributed by atoms with E-state index in [2.05, 4.69) is 4.90 Å². The molecule has 1 atom stereocenters. The maximum absolute atomic E-state index is 12.3. The van der Waals surface area contributed by atoms with Gasteiger partial charge in [0.15, 0.2) is 0 Å². The maximum Gasteiger partial charge on any atom is 0.242 e. The first-order valence-electron chi connectivity index (χ1n) is 8.14. The molecule has 7 nitrogen and oxygen atoms in total. The van der Waals surface area contributed by atoms with Gasteiger partial charge in [-0.05, 0) is 12.8 Å². The number of aliphatic hydroxyl groups is 1. The van der Waals surface area contributed by atoms with Gasteiger partial charge in [-0.25, -0.2) is 0 Å². The summed E-state index contributed by atoms with van der Waals surface area (Å²) in [7, 11) is 0. The first-order chi connectivity index (χ1) is 10.6. The van der Waals surface area contributed by atoms with E-state index in [-0.39, 0.29) is 18.4 Å². The highest BCUT2D eigenvalue weighted by Gasteiger charge is 2.40. The fourth-order valence-electron chi connectivity index (χ4n) is 3.51. The normalized spacial score (nSPS) is 30.3. The molecule has 124 valence electrons. The molecule has 3 saturated heterocycles. The first kappa shape index (κ1) is 15.7. The van der Waals surface area contributed by atoms with Crippen LogP contribution < -0.4 is 0 Å². The highest BCUT2D eigenvalue weighted by atomic mass is 16.5. The number of morpholine rings is 1. The van der Waals surface area contributed by atoms with Crippen molar-refractivity contribution in [2.45, 2.75) is 24.9 Å². The minimum atomic E-state index is -0.831. The average Bonchev–Trinajstić information content (AvgIpc) is 3.07. The summed E-state index contributed by atoms with van der Waals surface area (Å²) >= 11 is 0. The fraction of sp³-hybridized carbons (Fsp3) is 0.867. The molecule has 0 spiro atoms. The summed E-state index contributed by atoms with van der Waals surface area (Å²) in [4.78, 5) is 29.4. The molecule has 0 aromatic rings. The molecule has 3 fully saturated rings. The van der Waals surface area contributed by atoms with Gasteiger partial charge in [0.25, 0.3) is 0 Å². The van der Waals surface area contributed by atoms with Crippen LogP contribution in [0.4, 0.5) is 0 Å². The Labute approximate surface area is 130 Å². The van der Waals surface area contributed by atoms with Crippen LogP contribution in [0.1, 0.15) is 19.3 Å². The van der Waals surface area contributed by atoms with E-state index in [0.29, 0.717) is 52.2 Å². The standard InChI is InChI=1S/C15H25N3O4/c19-13-2-1-4-17(13)10-14(20)18-5-3-15(21,12-18)11-16-6-8-22-9-7-16/h21H,1-12H2. The van der Waals surface area contributed by atoms with Crippen molar-refractivity contribution < 1.29 is 19.4 Å². The van der Waals surface area contributed by atoms with Crippen LogP contribution in [-0.4, -0.2) is 96.2 Å². The molecule has 1 N–H and O–H groups in total. The van der Waals surface area contributed by atoms with Crippen molar-refractivity contribution in [1.82, 2.24) is 14.7 Å². The zero-order chi connectivity index (χ0) is 15.6. The van der Waals surface area contributed by atoms with Crippen molar-refractivity contribution in [2.24, 2.45) is 0 Å². The lowest BCUT2D eigenvalue weighted by Crippen LogP contribution is -2.49. The third-order valence-corrected chi connectivity index (χ3v) is 4.80. The van der Waals surface area contributed by atoms with Crippen LogP contribution in [0.15, 0.2) is 0 Å².